The predicted molar refractivity (Wildman–Crippen MR) is 98.3 cm³/mol. The molecule has 0 fully saturated rings. The molecule has 25 heavy (non-hydrogen) atoms. The topological polar surface area (TPSA) is 58.6 Å². The quantitative estimate of drug-likeness (QED) is 0.821. The van der Waals surface area contributed by atoms with Gasteiger partial charge in [-0.25, -0.2) is 0 Å². The van der Waals surface area contributed by atoms with Gasteiger partial charge in [0, 0.05) is 25.3 Å². The number of carbonyl (C=O) groups is 2. The zero-order chi connectivity index (χ0) is 18.4. The van der Waals surface area contributed by atoms with Crippen molar-refractivity contribution < 1.29 is 14.3 Å². The molecule has 0 saturated heterocycles. The summed E-state index contributed by atoms with van der Waals surface area (Å²) in [4.78, 5) is 27.0. The van der Waals surface area contributed by atoms with Crippen LogP contribution in [0.4, 0.5) is 5.69 Å². The Labute approximate surface area is 148 Å². The summed E-state index contributed by atoms with van der Waals surface area (Å²) >= 11 is 0. The summed E-state index contributed by atoms with van der Waals surface area (Å²) in [5.41, 5.74) is 0.422. The summed E-state index contributed by atoms with van der Waals surface area (Å²) < 4.78 is 5.15. The van der Waals surface area contributed by atoms with Gasteiger partial charge in [0.25, 0.3) is 0 Å². The van der Waals surface area contributed by atoms with Gasteiger partial charge in [-0.05, 0) is 31.5 Å². The molecule has 5 nitrogen and oxygen atoms in total. The van der Waals surface area contributed by atoms with Crippen LogP contribution in [0.2, 0.25) is 0 Å². The summed E-state index contributed by atoms with van der Waals surface area (Å²) in [6.07, 6.45) is 0. The fourth-order valence-electron chi connectivity index (χ4n) is 2.49. The molecular formula is C20H24N2O3. The minimum Gasteiger partial charge on any atom is -0.497 e. The van der Waals surface area contributed by atoms with Crippen molar-refractivity contribution in [2.45, 2.75) is 20.4 Å². The second kappa shape index (κ2) is 7.83. The maximum absolute atomic E-state index is 12.8. The van der Waals surface area contributed by atoms with E-state index in [-0.39, 0.29) is 11.8 Å². The number of rotatable bonds is 6. The summed E-state index contributed by atoms with van der Waals surface area (Å²) in [6, 6.07) is 16.7. The third kappa shape index (κ3) is 4.59. The molecule has 0 unspecified atom stereocenters. The monoisotopic (exact) mass is 340 g/mol. The molecule has 2 aromatic carbocycles. The maximum Gasteiger partial charge on any atom is 0.239 e. The van der Waals surface area contributed by atoms with Crippen molar-refractivity contribution in [3.8, 4) is 5.75 Å². The highest BCUT2D eigenvalue weighted by molar-refractivity contribution is 6.09. The van der Waals surface area contributed by atoms with Gasteiger partial charge in [0.1, 0.15) is 11.2 Å². The van der Waals surface area contributed by atoms with Crippen molar-refractivity contribution in [2.24, 2.45) is 5.41 Å². The zero-order valence-electron chi connectivity index (χ0n) is 15.1. The van der Waals surface area contributed by atoms with Crippen LogP contribution >= 0.6 is 0 Å². The molecule has 0 saturated carbocycles. The van der Waals surface area contributed by atoms with E-state index in [1.165, 1.54) is 0 Å². The van der Waals surface area contributed by atoms with Crippen LogP contribution in [0.15, 0.2) is 54.6 Å². The first-order valence-corrected chi connectivity index (χ1v) is 8.09. The molecule has 0 spiro atoms. The average Bonchev–Trinajstić information content (AvgIpc) is 2.61. The summed E-state index contributed by atoms with van der Waals surface area (Å²) in [7, 11) is 3.27. The van der Waals surface area contributed by atoms with E-state index in [1.807, 2.05) is 30.3 Å². The Bertz CT molecular complexity index is 742. The molecule has 0 aromatic heterocycles. The number of nitrogens with one attached hydrogen (secondary N) is 1. The van der Waals surface area contributed by atoms with Crippen LogP contribution in [-0.4, -0.2) is 30.9 Å². The van der Waals surface area contributed by atoms with Gasteiger partial charge in [-0.3, -0.25) is 9.59 Å². The Hall–Kier alpha value is -2.82. The molecule has 0 radical (unpaired) electrons. The number of ether oxygens (including phenoxy) is 1. The molecule has 0 bridgehead atoms. The summed E-state index contributed by atoms with van der Waals surface area (Å²) in [5, 5.41) is 2.79. The van der Waals surface area contributed by atoms with Crippen LogP contribution in [0.25, 0.3) is 0 Å². The number of hydrogen-bond donors (Lipinski definition) is 1. The Morgan fingerprint density at radius 1 is 1.08 bits per heavy atom. The van der Waals surface area contributed by atoms with E-state index < -0.39 is 5.41 Å². The van der Waals surface area contributed by atoms with Crippen molar-refractivity contribution in [2.75, 3.05) is 19.5 Å². The van der Waals surface area contributed by atoms with Crippen LogP contribution in [0.3, 0.4) is 0 Å². The van der Waals surface area contributed by atoms with Gasteiger partial charge in [-0.2, -0.15) is 0 Å². The Balaban J connectivity index is 2.07. The van der Waals surface area contributed by atoms with Gasteiger partial charge in [-0.15, -0.1) is 0 Å². The standard InChI is InChI=1S/C20H24N2O3/c1-20(2,18(23)21-16-11-8-12-17(13-16)25-4)19(24)22(3)14-15-9-6-5-7-10-15/h5-13H,14H2,1-4H3,(H,21,23). The Morgan fingerprint density at radius 2 is 1.76 bits per heavy atom. The fraction of sp³-hybridized carbons (Fsp3) is 0.300. The van der Waals surface area contributed by atoms with Crippen molar-refractivity contribution in [1.29, 1.82) is 0 Å². The van der Waals surface area contributed by atoms with Gasteiger partial charge >= 0.3 is 0 Å². The van der Waals surface area contributed by atoms with Gasteiger partial charge in [0.2, 0.25) is 11.8 Å². The van der Waals surface area contributed by atoms with Gasteiger partial charge in [-0.1, -0.05) is 36.4 Å². The molecule has 0 aliphatic rings. The highest BCUT2D eigenvalue weighted by atomic mass is 16.5. The van der Waals surface area contributed by atoms with E-state index in [0.29, 0.717) is 18.0 Å². The minimum atomic E-state index is -1.19. The summed E-state index contributed by atoms with van der Waals surface area (Å²) in [5.74, 6) is 0.0468. The number of methoxy groups -OCH3 is 1. The molecule has 1 N–H and O–H groups in total. The number of amides is 2. The van der Waals surface area contributed by atoms with Crippen molar-refractivity contribution in [1.82, 2.24) is 4.90 Å². The average molecular weight is 340 g/mol. The number of hydrogen-bond acceptors (Lipinski definition) is 3. The fourth-order valence-corrected chi connectivity index (χ4v) is 2.49. The van der Waals surface area contributed by atoms with Crippen LogP contribution in [-0.2, 0) is 16.1 Å². The number of nitrogens with zero attached hydrogens (tertiary/aromatic N) is 1. The van der Waals surface area contributed by atoms with Crippen molar-refractivity contribution in [3.05, 3.63) is 60.2 Å². The molecule has 2 rings (SSSR count). The third-order valence-corrected chi connectivity index (χ3v) is 4.04. The Morgan fingerprint density at radius 3 is 2.40 bits per heavy atom. The van der Waals surface area contributed by atoms with Crippen LogP contribution in [0, 0.1) is 5.41 Å². The molecular weight excluding hydrogens is 316 g/mol. The van der Waals surface area contributed by atoms with E-state index in [2.05, 4.69) is 5.32 Å². The van der Waals surface area contributed by atoms with E-state index in [0.717, 1.165) is 5.56 Å². The lowest BCUT2D eigenvalue weighted by Crippen LogP contribution is -2.45. The molecule has 5 heteroatoms. The lowest BCUT2D eigenvalue weighted by molar-refractivity contribution is -0.145. The van der Waals surface area contributed by atoms with E-state index >= 15 is 0 Å². The lowest BCUT2D eigenvalue weighted by Gasteiger charge is -2.28. The minimum absolute atomic E-state index is 0.239. The predicted octanol–water partition coefficient (Wildman–Crippen LogP) is 3.32. The van der Waals surface area contributed by atoms with Crippen molar-refractivity contribution >= 4 is 17.5 Å². The van der Waals surface area contributed by atoms with Crippen LogP contribution < -0.4 is 10.1 Å². The highest BCUT2D eigenvalue weighted by Gasteiger charge is 2.38. The molecule has 132 valence electrons. The van der Waals surface area contributed by atoms with Crippen LogP contribution in [0.5, 0.6) is 5.75 Å². The third-order valence-electron chi connectivity index (χ3n) is 4.04. The number of benzene rings is 2. The molecule has 2 aromatic rings. The summed E-state index contributed by atoms with van der Waals surface area (Å²) in [6.45, 7) is 3.72. The molecule has 0 heterocycles. The smallest absolute Gasteiger partial charge is 0.239 e. The second-order valence-electron chi connectivity index (χ2n) is 6.46. The zero-order valence-corrected chi connectivity index (χ0v) is 15.1. The largest absolute Gasteiger partial charge is 0.497 e. The second-order valence-corrected chi connectivity index (χ2v) is 6.46. The Kier molecular flexibility index (Phi) is 5.80. The van der Waals surface area contributed by atoms with E-state index in [4.69, 9.17) is 4.74 Å². The SMILES string of the molecule is COc1cccc(NC(=O)C(C)(C)C(=O)N(C)Cc2ccccc2)c1. The van der Waals surface area contributed by atoms with E-state index in [1.54, 1.807) is 57.2 Å². The lowest BCUT2D eigenvalue weighted by atomic mass is 9.90. The molecule has 0 atom stereocenters. The van der Waals surface area contributed by atoms with Gasteiger partial charge in [0.05, 0.1) is 7.11 Å². The number of carbonyl (C=O) groups excluding carboxylic acids is 2. The normalized spacial score (nSPS) is 10.9. The van der Waals surface area contributed by atoms with Crippen molar-refractivity contribution in [3.63, 3.8) is 0 Å². The van der Waals surface area contributed by atoms with Crippen LogP contribution in [0.1, 0.15) is 19.4 Å². The first kappa shape index (κ1) is 18.5. The number of anilines is 1. The molecule has 2 amide bonds. The first-order valence-electron chi connectivity index (χ1n) is 8.09. The first-order chi connectivity index (χ1) is 11.8. The van der Waals surface area contributed by atoms with E-state index in [9.17, 15) is 9.59 Å². The molecule has 0 aliphatic carbocycles. The van der Waals surface area contributed by atoms with Gasteiger partial charge in [0.15, 0.2) is 0 Å². The maximum atomic E-state index is 12.8. The highest BCUT2D eigenvalue weighted by Crippen LogP contribution is 2.24. The molecule has 0 aliphatic heterocycles. The van der Waals surface area contributed by atoms with Gasteiger partial charge < -0.3 is 15.0 Å².